The average Bonchev–Trinajstić information content (AvgIpc) is 2.81. The number of phenols is 1. The molecule has 0 aliphatic rings. The van der Waals surface area contributed by atoms with Gasteiger partial charge >= 0.3 is 0 Å². The quantitative estimate of drug-likeness (QED) is 0.758. The summed E-state index contributed by atoms with van der Waals surface area (Å²) in [6.07, 6.45) is 0.696. The van der Waals surface area contributed by atoms with Gasteiger partial charge in [0.25, 0.3) is 0 Å². The topological polar surface area (TPSA) is 47.3 Å². The van der Waals surface area contributed by atoms with Crippen molar-refractivity contribution >= 4 is 0 Å². The van der Waals surface area contributed by atoms with Gasteiger partial charge < -0.3 is 9.84 Å². The number of hydrogen-bond acceptors (Lipinski definition) is 3. The number of benzene rings is 2. The van der Waals surface area contributed by atoms with Crippen LogP contribution in [0.3, 0.4) is 0 Å². The minimum atomic E-state index is -0.354. The van der Waals surface area contributed by atoms with Crippen LogP contribution >= 0.6 is 0 Å². The van der Waals surface area contributed by atoms with Crippen molar-refractivity contribution in [3.8, 4) is 22.6 Å². The zero-order valence-corrected chi connectivity index (χ0v) is 14.6. The van der Waals surface area contributed by atoms with Crippen LogP contribution < -0.4 is 4.74 Å². The molecule has 0 atom stereocenters. The van der Waals surface area contributed by atoms with Crippen LogP contribution in [0.2, 0.25) is 0 Å². The molecule has 0 aliphatic heterocycles. The highest BCUT2D eigenvalue weighted by atomic mass is 19.1. The minimum absolute atomic E-state index is 0.161. The molecule has 1 aromatic heterocycles. The molecule has 0 radical (unpaired) electrons. The lowest BCUT2D eigenvalue weighted by Gasteiger charge is -2.12. The molecule has 4 nitrogen and oxygen atoms in total. The van der Waals surface area contributed by atoms with Crippen molar-refractivity contribution in [2.24, 2.45) is 7.05 Å². The Morgan fingerprint density at radius 1 is 1.16 bits per heavy atom. The smallest absolute Gasteiger partial charge is 0.130 e. The first-order valence-electron chi connectivity index (χ1n) is 8.16. The van der Waals surface area contributed by atoms with Crippen LogP contribution in [-0.4, -0.2) is 21.5 Å². The van der Waals surface area contributed by atoms with Gasteiger partial charge in [0.05, 0.1) is 12.3 Å². The fourth-order valence-electron chi connectivity index (χ4n) is 2.97. The monoisotopic (exact) mass is 340 g/mol. The van der Waals surface area contributed by atoms with Crippen LogP contribution in [0.4, 0.5) is 4.39 Å². The first-order chi connectivity index (χ1) is 12.0. The summed E-state index contributed by atoms with van der Waals surface area (Å²) in [5, 5.41) is 14.1. The second kappa shape index (κ2) is 6.97. The highest BCUT2D eigenvalue weighted by Gasteiger charge is 2.12. The van der Waals surface area contributed by atoms with E-state index in [1.165, 1.54) is 12.1 Å². The Bertz CT molecular complexity index is 903. The molecule has 0 saturated heterocycles. The third-order valence-corrected chi connectivity index (χ3v) is 4.37. The van der Waals surface area contributed by atoms with Crippen LogP contribution in [-0.2, 0) is 13.5 Å². The number of hydrogen-bond donors (Lipinski definition) is 1. The van der Waals surface area contributed by atoms with Gasteiger partial charge in [0.2, 0.25) is 0 Å². The van der Waals surface area contributed by atoms with E-state index in [1.54, 1.807) is 24.3 Å². The van der Waals surface area contributed by atoms with Gasteiger partial charge in [-0.1, -0.05) is 12.1 Å². The third-order valence-electron chi connectivity index (χ3n) is 4.37. The standard InChI is InChI=1S/C20H21FN2O2/c1-13-18(14(2)23(3)22-13)9-10-25-20-12-16(21)7-8-19(20)15-5-4-6-17(24)11-15/h4-8,11-12,24H,9-10H2,1-3H3. The Morgan fingerprint density at radius 2 is 1.96 bits per heavy atom. The Balaban J connectivity index is 1.81. The molecule has 0 saturated carbocycles. The fraction of sp³-hybridized carbons (Fsp3) is 0.250. The number of phenolic OH excluding ortho intramolecular Hbond substituents is 1. The van der Waals surface area contributed by atoms with Gasteiger partial charge in [-0.2, -0.15) is 5.10 Å². The molecule has 1 N–H and O–H groups in total. The molecule has 5 heteroatoms. The fourth-order valence-corrected chi connectivity index (χ4v) is 2.97. The molecule has 0 bridgehead atoms. The largest absolute Gasteiger partial charge is 0.508 e. The molecule has 1 heterocycles. The van der Waals surface area contributed by atoms with Crippen molar-refractivity contribution in [2.75, 3.05) is 6.61 Å². The molecule has 0 spiro atoms. The molecule has 0 aliphatic carbocycles. The van der Waals surface area contributed by atoms with E-state index in [0.717, 1.165) is 28.1 Å². The molecule has 25 heavy (non-hydrogen) atoms. The molecule has 0 amide bonds. The number of aromatic hydroxyl groups is 1. The number of rotatable bonds is 5. The number of nitrogens with zero attached hydrogens (tertiary/aromatic N) is 2. The maximum atomic E-state index is 13.7. The van der Waals surface area contributed by atoms with E-state index in [-0.39, 0.29) is 11.6 Å². The second-order valence-corrected chi connectivity index (χ2v) is 6.06. The van der Waals surface area contributed by atoms with Crippen molar-refractivity contribution < 1.29 is 14.2 Å². The van der Waals surface area contributed by atoms with Crippen LogP contribution in [0.5, 0.6) is 11.5 Å². The third kappa shape index (κ3) is 3.65. The van der Waals surface area contributed by atoms with Crippen LogP contribution in [0.1, 0.15) is 17.0 Å². The average molecular weight is 340 g/mol. The van der Waals surface area contributed by atoms with Gasteiger partial charge in [-0.15, -0.1) is 0 Å². The maximum Gasteiger partial charge on any atom is 0.130 e. The number of aromatic nitrogens is 2. The van der Waals surface area contributed by atoms with Gasteiger partial charge in [0.1, 0.15) is 17.3 Å². The summed E-state index contributed by atoms with van der Waals surface area (Å²) in [5.41, 5.74) is 4.77. The molecule has 0 unspecified atom stereocenters. The van der Waals surface area contributed by atoms with E-state index >= 15 is 0 Å². The molecule has 0 fully saturated rings. The predicted molar refractivity (Wildman–Crippen MR) is 95.4 cm³/mol. The molecule has 2 aromatic carbocycles. The predicted octanol–water partition coefficient (Wildman–Crippen LogP) is 4.17. The van der Waals surface area contributed by atoms with Gasteiger partial charge in [0, 0.05) is 30.8 Å². The van der Waals surface area contributed by atoms with Gasteiger partial charge in [-0.05, 0) is 49.2 Å². The van der Waals surface area contributed by atoms with Gasteiger partial charge in [-0.25, -0.2) is 4.39 Å². The van der Waals surface area contributed by atoms with E-state index < -0.39 is 0 Å². The van der Waals surface area contributed by atoms with E-state index in [2.05, 4.69) is 5.10 Å². The minimum Gasteiger partial charge on any atom is -0.508 e. The van der Waals surface area contributed by atoms with Crippen molar-refractivity contribution in [1.82, 2.24) is 9.78 Å². The lowest BCUT2D eigenvalue weighted by molar-refractivity contribution is 0.321. The summed E-state index contributed by atoms with van der Waals surface area (Å²) in [4.78, 5) is 0. The molecular weight excluding hydrogens is 319 g/mol. The molecular formula is C20H21FN2O2. The number of aryl methyl sites for hydroxylation is 2. The zero-order valence-electron chi connectivity index (χ0n) is 14.6. The van der Waals surface area contributed by atoms with Crippen molar-refractivity contribution in [3.63, 3.8) is 0 Å². The van der Waals surface area contributed by atoms with E-state index in [4.69, 9.17) is 4.74 Å². The van der Waals surface area contributed by atoms with Gasteiger partial charge in [0.15, 0.2) is 0 Å². The summed E-state index contributed by atoms with van der Waals surface area (Å²) in [7, 11) is 1.92. The SMILES string of the molecule is Cc1nn(C)c(C)c1CCOc1cc(F)ccc1-c1cccc(O)c1. The second-order valence-electron chi connectivity index (χ2n) is 6.06. The number of ether oxygens (including phenoxy) is 1. The van der Waals surface area contributed by atoms with Crippen LogP contribution in [0.15, 0.2) is 42.5 Å². The Kier molecular flexibility index (Phi) is 4.74. The maximum absolute atomic E-state index is 13.7. The highest BCUT2D eigenvalue weighted by molar-refractivity contribution is 5.71. The Hall–Kier alpha value is -2.82. The molecule has 3 aromatic rings. The lowest BCUT2D eigenvalue weighted by Crippen LogP contribution is -2.04. The Labute approximate surface area is 146 Å². The summed E-state index contributed by atoms with van der Waals surface area (Å²) in [6.45, 7) is 4.42. The summed E-state index contributed by atoms with van der Waals surface area (Å²) in [5.74, 6) is 0.270. The summed E-state index contributed by atoms with van der Waals surface area (Å²) >= 11 is 0. The van der Waals surface area contributed by atoms with Crippen LogP contribution in [0.25, 0.3) is 11.1 Å². The van der Waals surface area contributed by atoms with Crippen molar-refractivity contribution in [3.05, 3.63) is 65.2 Å². The lowest BCUT2D eigenvalue weighted by atomic mass is 10.0. The first-order valence-corrected chi connectivity index (χ1v) is 8.16. The molecule has 3 rings (SSSR count). The van der Waals surface area contributed by atoms with E-state index in [9.17, 15) is 9.50 Å². The van der Waals surface area contributed by atoms with E-state index in [1.807, 2.05) is 31.6 Å². The van der Waals surface area contributed by atoms with Crippen molar-refractivity contribution in [1.29, 1.82) is 0 Å². The normalized spacial score (nSPS) is 10.9. The summed E-state index contributed by atoms with van der Waals surface area (Å²) < 4.78 is 21.4. The summed E-state index contributed by atoms with van der Waals surface area (Å²) in [6, 6.07) is 11.3. The Morgan fingerprint density at radius 3 is 2.64 bits per heavy atom. The first kappa shape index (κ1) is 17.0. The van der Waals surface area contributed by atoms with Crippen molar-refractivity contribution in [2.45, 2.75) is 20.3 Å². The van der Waals surface area contributed by atoms with Crippen LogP contribution in [0, 0.1) is 19.7 Å². The van der Waals surface area contributed by atoms with Gasteiger partial charge in [-0.3, -0.25) is 4.68 Å². The zero-order chi connectivity index (χ0) is 18.0. The molecule has 130 valence electrons. The van der Waals surface area contributed by atoms with E-state index in [0.29, 0.717) is 18.8 Å². The highest BCUT2D eigenvalue weighted by Crippen LogP contribution is 2.32. The number of halogens is 1.